The normalized spacial score (nSPS) is 20.9. The van der Waals surface area contributed by atoms with Crippen molar-refractivity contribution in [3.8, 4) is 0 Å². The average Bonchev–Trinajstić information content (AvgIpc) is 2.79. The van der Waals surface area contributed by atoms with Crippen LogP contribution in [0.25, 0.3) is 5.57 Å². The van der Waals surface area contributed by atoms with Crippen LogP contribution in [0.1, 0.15) is 37.0 Å². The molecule has 0 heterocycles. The Bertz CT molecular complexity index is 658. The maximum absolute atomic E-state index is 2.43. The summed E-state index contributed by atoms with van der Waals surface area (Å²) in [7, 11) is 0. The topological polar surface area (TPSA) is 0 Å². The average molecular weight is 262 g/mol. The molecule has 0 amide bonds. The molecular formula is C20H22. The van der Waals surface area contributed by atoms with Gasteiger partial charge in [0.05, 0.1) is 0 Å². The Morgan fingerprint density at radius 3 is 2.25 bits per heavy atom. The lowest BCUT2D eigenvalue weighted by Gasteiger charge is -2.22. The van der Waals surface area contributed by atoms with E-state index in [4.69, 9.17) is 0 Å². The predicted octanol–water partition coefficient (Wildman–Crippen LogP) is 5.54. The molecule has 0 bridgehead atoms. The second-order valence-corrected chi connectivity index (χ2v) is 6.08. The molecular weight excluding hydrogens is 240 g/mol. The lowest BCUT2D eigenvalue weighted by molar-refractivity contribution is 1.02. The second kappa shape index (κ2) is 4.94. The molecule has 0 radical (unpaired) electrons. The van der Waals surface area contributed by atoms with Gasteiger partial charge >= 0.3 is 0 Å². The number of benzene rings is 1. The van der Waals surface area contributed by atoms with E-state index in [0.29, 0.717) is 5.92 Å². The molecule has 0 saturated carbocycles. The van der Waals surface area contributed by atoms with Crippen molar-refractivity contribution in [3.63, 3.8) is 0 Å². The van der Waals surface area contributed by atoms with Gasteiger partial charge in [-0.3, -0.25) is 0 Å². The van der Waals surface area contributed by atoms with Gasteiger partial charge in [-0.15, -0.1) is 0 Å². The van der Waals surface area contributed by atoms with Crippen LogP contribution in [0.2, 0.25) is 0 Å². The quantitative estimate of drug-likeness (QED) is 0.656. The van der Waals surface area contributed by atoms with Crippen LogP contribution >= 0.6 is 0 Å². The zero-order chi connectivity index (χ0) is 14.3. The number of rotatable bonds is 2. The van der Waals surface area contributed by atoms with Crippen molar-refractivity contribution >= 4 is 5.57 Å². The molecule has 20 heavy (non-hydrogen) atoms. The summed E-state index contributed by atoms with van der Waals surface area (Å²) in [6.45, 7) is 8.79. The molecule has 0 nitrogen and oxygen atoms in total. The molecule has 102 valence electrons. The third-order valence-corrected chi connectivity index (χ3v) is 4.17. The Balaban J connectivity index is 2.10. The molecule has 0 heteroatoms. The molecule has 1 unspecified atom stereocenters. The molecule has 0 aliphatic heterocycles. The summed E-state index contributed by atoms with van der Waals surface area (Å²) in [4.78, 5) is 0. The largest absolute Gasteiger partial charge is 0.0694 e. The van der Waals surface area contributed by atoms with Crippen molar-refractivity contribution in [1.29, 1.82) is 0 Å². The molecule has 1 aromatic rings. The Kier molecular flexibility index (Phi) is 3.25. The first-order valence-electron chi connectivity index (χ1n) is 7.47. The van der Waals surface area contributed by atoms with Gasteiger partial charge in [0.1, 0.15) is 0 Å². The first kappa shape index (κ1) is 13.2. The number of hydrogen-bond acceptors (Lipinski definition) is 0. The summed E-state index contributed by atoms with van der Waals surface area (Å²) >= 11 is 0. The van der Waals surface area contributed by atoms with Crippen LogP contribution in [0, 0.1) is 19.8 Å². The zero-order valence-electron chi connectivity index (χ0n) is 12.8. The summed E-state index contributed by atoms with van der Waals surface area (Å²) in [6, 6.07) is 6.87. The van der Waals surface area contributed by atoms with Crippen molar-refractivity contribution in [2.45, 2.75) is 34.1 Å². The predicted molar refractivity (Wildman–Crippen MR) is 87.6 cm³/mol. The molecule has 0 N–H and O–H groups in total. The lowest BCUT2D eigenvalue weighted by Crippen LogP contribution is -2.05. The van der Waals surface area contributed by atoms with E-state index in [-0.39, 0.29) is 0 Å². The summed E-state index contributed by atoms with van der Waals surface area (Å²) in [6.07, 6.45) is 10.6. The smallest absolute Gasteiger partial charge is 0.0281 e. The van der Waals surface area contributed by atoms with Gasteiger partial charge in [0.15, 0.2) is 0 Å². The highest BCUT2D eigenvalue weighted by Crippen LogP contribution is 2.41. The number of fused-ring (bicyclic) bond motifs is 1. The third-order valence-electron chi connectivity index (χ3n) is 4.17. The van der Waals surface area contributed by atoms with Crippen LogP contribution in [-0.2, 0) is 0 Å². The molecule has 0 aromatic heterocycles. The number of allylic oxidation sites excluding steroid dienone is 8. The summed E-state index contributed by atoms with van der Waals surface area (Å²) < 4.78 is 0. The monoisotopic (exact) mass is 262 g/mol. The van der Waals surface area contributed by atoms with Gasteiger partial charge in [-0.25, -0.2) is 0 Å². The van der Waals surface area contributed by atoms with Gasteiger partial charge in [0.25, 0.3) is 0 Å². The van der Waals surface area contributed by atoms with E-state index in [1.807, 2.05) is 0 Å². The SMILES string of the molecule is CCC1=CC2C(=C1)C=C(C)C=C2c1cc(C)cc(C)c1. The molecule has 0 spiro atoms. The van der Waals surface area contributed by atoms with E-state index in [1.54, 1.807) is 0 Å². The minimum Gasteiger partial charge on any atom is -0.0694 e. The van der Waals surface area contributed by atoms with Gasteiger partial charge in [-0.05, 0) is 43.9 Å². The van der Waals surface area contributed by atoms with Crippen molar-refractivity contribution in [1.82, 2.24) is 0 Å². The third kappa shape index (κ3) is 2.31. The number of aryl methyl sites for hydroxylation is 2. The highest BCUT2D eigenvalue weighted by molar-refractivity contribution is 5.79. The Hall–Kier alpha value is -1.82. The summed E-state index contributed by atoms with van der Waals surface area (Å²) in [5.74, 6) is 0.454. The van der Waals surface area contributed by atoms with Crippen LogP contribution in [0.5, 0.6) is 0 Å². The van der Waals surface area contributed by atoms with E-state index in [1.165, 1.54) is 39.0 Å². The van der Waals surface area contributed by atoms with Gasteiger partial charge < -0.3 is 0 Å². The van der Waals surface area contributed by atoms with E-state index >= 15 is 0 Å². The molecule has 2 aliphatic rings. The molecule has 0 fully saturated rings. The van der Waals surface area contributed by atoms with Crippen molar-refractivity contribution in [2.75, 3.05) is 0 Å². The van der Waals surface area contributed by atoms with Gasteiger partial charge in [-0.2, -0.15) is 0 Å². The zero-order valence-corrected chi connectivity index (χ0v) is 12.8. The molecule has 1 aromatic carbocycles. The van der Waals surface area contributed by atoms with Crippen LogP contribution in [0.4, 0.5) is 0 Å². The van der Waals surface area contributed by atoms with E-state index < -0.39 is 0 Å². The molecule has 2 aliphatic carbocycles. The minimum atomic E-state index is 0.454. The molecule has 1 atom stereocenters. The van der Waals surface area contributed by atoms with Crippen LogP contribution in [0.15, 0.2) is 59.2 Å². The van der Waals surface area contributed by atoms with Gasteiger partial charge in [0.2, 0.25) is 0 Å². The first-order valence-corrected chi connectivity index (χ1v) is 7.47. The second-order valence-electron chi connectivity index (χ2n) is 6.08. The van der Waals surface area contributed by atoms with Crippen LogP contribution < -0.4 is 0 Å². The molecule has 3 rings (SSSR count). The fourth-order valence-corrected chi connectivity index (χ4v) is 3.33. The Morgan fingerprint density at radius 2 is 1.60 bits per heavy atom. The van der Waals surface area contributed by atoms with Gasteiger partial charge in [0, 0.05) is 5.92 Å². The van der Waals surface area contributed by atoms with Crippen molar-refractivity contribution in [2.24, 2.45) is 5.92 Å². The van der Waals surface area contributed by atoms with Crippen LogP contribution in [0.3, 0.4) is 0 Å². The van der Waals surface area contributed by atoms with Crippen LogP contribution in [-0.4, -0.2) is 0 Å². The van der Waals surface area contributed by atoms with Gasteiger partial charge in [-0.1, -0.05) is 71.7 Å². The van der Waals surface area contributed by atoms with E-state index in [0.717, 1.165) is 6.42 Å². The fraction of sp³-hybridized carbons (Fsp3) is 0.300. The highest BCUT2D eigenvalue weighted by atomic mass is 14.3. The van der Waals surface area contributed by atoms with Crippen molar-refractivity contribution in [3.05, 3.63) is 75.9 Å². The lowest BCUT2D eigenvalue weighted by atomic mass is 9.82. The highest BCUT2D eigenvalue weighted by Gasteiger charge is 2.25. The summed E-state index contributed by atoms with van der Waals surface area (Å²) in [5, 5.41) is 0. The first-order chi connectivity index (χ1) is 9.56. The maximum Gasteiger partial charge on any atom is 0.0281 e. The molecule has 0 saturated heterocycles. The fourth-order valence-electron chi connectivity index (χ4n) is 3.33. The standard InChI is InChI=1S/C20H22/c1-5-16-11-18-9-15(4)10-19(20(18)12-16)17-7-13(2)6-14(3)8-17/h6-12,20H,5H2,1-4H3. The minimum absolute atomic E-state index is 0.454. The number of hydrogen-bond donors (Lipinski definition) is 0. The Labute approximate surface area is 122 Å². The van der Waals surface area contributed by atoms with E-state index in [2.05, 4.69) is 70.2 Å². The van der Waals surface area contributed by atoms with Crippen molar-refractivity contribution < 1.29 is 0 Å². The summed E-state index contributed by atoms with van der Waals surface area (Å²) in [5.41, 5.74) is 9.79. The maximum atomic E-state index is 2.43. The Morgan fingerprint density at radius 1 is 0.900 bits per heavy atom. The van der Waals surface area contributed by atoms with E-state index in [9.17, 15) is 0 Å².